The fourth-order valence-electron chi connectivity index (χ4n) is 3.74. The summed E-state index contributed by atoms with van der Waals surface area (Å²) in [6, 6.07) is 8.93. The third kappa shape index (κ3) is 2.76. The molecule has 2 aliphatic rings. The topological polar surface area (TPSA) is 38.1 Å². The molecule has 1 saturated heterocycles. The van der Waals surface area contributed by atoms with Crippen molar-refractivity contribution in [2.24, 2.45) is 5.92 Å². The number of hydrogen-bond donors (Lipinski definition) is 0. The number of halogens is 1. The molecule has 4 nitrogen and oxygen atoms in total. The summed E-state index contributed by atoms with van der Waals surface area (Å²) >= 11 is 0. The van der Waals surface area contributed by atoms with Crippen LogP contribution in [0.3, 0.4) is 0 Å². The van der Waals surface area contributed by atoms with E-state index in [0.717, 1.165) is 32.4 Å². The van der Waals surface area contributed by atoms with Gasteiger partial charge in [-0.25, -0.2) is 4.39 Å². The van der Waals surface area contributed by atoms with E-state index in [-0.39, 0.29) is 29.6 Å². The zero-order chi connectivity index (χ0) is 15.8. The van der Waals surface area contributed by atoms with E-state index in [1.54, 1.807) is 18.3 Å². The Morgan fingerprint density at radius 2 is 2.17 bits per heavy atom. The Balaban J connectivity index is 1.44. The zero-order valence-electron chi connectivity index (χ0n) is 12.9. The number of aromatic nitrogens is 2. The quantitative estimate of drug-likeness (QED) is 0.870. The number of nitrogens with zero attached hydrogens (tertiary/aromatic N) is 3. The summed E-state index contributed by atoms with van der Waals surface area (Å²) in [6.07, 6.45) is 6.51. The van der Waals surface area contributed by atoms with Crippen LogP contribution in [0.4, 0.5) is 4.39 Å². The third-order valence-corrected chi connectivity index (χ3v) is 5.03. The summed E-state index contributed by atoms with van der Waals surface area (Å²) in [5, 5.41) is 4.24. The molecule has 0 N–H and O–H groups in total. The van der Waals surface area contributed by atoms with Crippen molar-refractivity contribution in [3.63, 3.8) is 0 Å². The van der Waals surface area contributed by atoms with E-state index in [1.807, 2.05) is 27.9 Å². The van der Waals surface area contributed by atoms with Gasteiger partial charge in [0.1, 0.15) is 5.82 Å². The molecule has 0 unspecified atom stereocenters. The van der Waals surface area contributed by atoms with Crippen molar-refractivity contribution < 1.29 is 9.18 Å². The number of carbonyl (C=O) groups is 1. The van der Waals surface area contributed by atoms with E-state index in [0.29, 0.717) is 5.56 Å². The maximum atomic E-state index is 13.9. The van der Waals surface area contributed by atoms with Gasteiger partial charge in [0.05, 0.1) is 12.6 Å². The van der Waals surface area contributed by atoms with E-state index < -0.39 is 0 Å². The van der Waals surface area contributed by atoms with Gasteiger partial charge in [0.25, 0.3) is 0 Å². The van der Waals surface area contributed by atoms with Crippen LogP contribution < -0.4 is 0 Å². The lowest BCUT2D eigenvalue weighted by Crippen LogP contribution is -2.39. The molecule has 1 amide bonds. The van der Waals surface area contributed by atoms with Crippen molar-refractivity contribution in [3.8, 4) is 0 Å². The first kappa shape index (κ1) is 14.4. The second-order valence-corrected chi connectivity index (χ2v) is 6.53. The number of carbonyl (C=O) groups excluding carboxylic acids is 1. The van der Waals surface area contributed by atoms with Gasteiger partial charge in [0, 0.05) is 24.9 Å². The highest BCUT2D eigenvalue weighted by atomic mass is 19.1. The van der Waals surface area contributed by atoms with Gasteiger partial charge in [-0.15, -0.1) is 0 Å². The molecule has 1 saturated carbocycles. The highest BCUT2D eigenvalue weighted by molar-refractivity contribution is 5.83. The van der Waals surface area contributed by atoms with E-state index in [1.165, 1.54) is 6.07 Å². The normalized spacial score (nSPS) is 26.5. The molecule has 120 valence electrons. The van der Waals surface area contributed by atoms with Crippen LogP contribution in [-0.2, 0) is 11.3 Å². The van der Waals surface area contributed by atoms with Crippen LogP contribution in [0.1, 0.15) is 30.7 Å². The number of rotatable bonds is 4. The van der Waals surface area contributed by atoms with Crippen molar-refractivity contribution in [2.75, 3.05) is 6.54 Å². The van der Waals surface area contributed by atoms with E-state index >= 15 is 0 Å². The summed E-state index contributed by atoms with van der Waals surface area (Å²) in [5.74, 6) is -0.00463. The lowest BCUT2D eigenvalue weighted by atomic mass is 10.1. The minimum atomic E-state index is -0.192. The number of hydrogen-bond acceptors (Lipinski definition) is 2. The molecule has 0 spiro atoms. The number of likely N-dealkylation sites (tertiary alicyclic amines) is 1. The molecule has 1 aliphatic heterocycles. The first-order valence-corrected chi connectivity index (χ1v) is 8.26. The molecule has 23 heavy (non-hydrogen) atoms. The zero-order valence-corrected chi connectivity index (χ0v) is 12.9. The molecule has 3 atom stereocenters. The molecule has 1 aromatic carbocycles. The van der Waals surface area contributed by atoms with Crippen LogP contribution in [-0.4, -0.2) is 33.2 Å². The van der Waals surface area contributed by atoms with Gasteiger partial charge in [-0.05, 0) is 42.9 Å². The predicted molar refractivity (Wildman–Crippen MR) is 84.2 cm³/mol. The fourth-order valence-corrected chi connectivity index (χ4v) is 3.74. The van der Waals surface area contributed by atoms with E-state index in [4.69, 9.17) is 0 Å². The first-order valence-electron chi connectivity index (χ1n) is 8.26. The third-order valence-electron chi connectivity index (χ3n) is 5.03. The largest absolute Gasteiger partial charge is 0.338 e. The van der Waals surface area contributed by atoms with Crippen molar-refractivity contribution in [2.45, 2.75) is 37.8 Å². The number of amides is 1. The molecule has 2 heterocycles. The second-order valence-electron chi connectivity index (χ2n) is 6.53. The van der Waals surface area contributed by atoms with Crippen molar-refractivity contribution in [1.29, 1.82) is 0 Å². The molecule has 0 radical (unpaired) electrons. The van der Waals surface area contributed by atoms with Crippen LogP contribution in [0.15, 0.2) is 42.7 Å². The summed E-state index contributed by atoms with van der Waals surface area (Å²) < 4.78 is 15.8. The van der Waals surface area contributed by atoms with Gasteiger partial charge in [0.15, 0.2) is 0 Å². The highest BCUT2D eigenvalue weighted by Crippen LogP contribution is 2.49. The maximum absolute atomic E-state index is 13.9. The molecule has 1 aromatic heterocycles. The Morgan fingerprint density at radius 3 is 2.96 bits per heavy atom. The Hall–Kier alpha value is -2.17. The first-order chi connectivity index (χ1) is 11.2. The van der Waals surface area contributed by atoms with Crippen molar-refractivity contribution in [1.82, 2.24) is 14.7 Å². The van der Waals surface area contributed by atoms with Gasteiger partial charge in [-0.3, -0.25) is 9.48 Å². The highest BCUT2D eigenvalue weighted by Gasteiger charge is 2.48. The number of benzene rings is 1. The Bertz CT molecular complexity index is 700. The van der Waals surface area contributed by atoms with Crippen LogP contribution in [0.2, 0.25) is 0 Å². The smallest absolute Gasteiger partial charge is 0.226 e. The molecule has 5 heteroatoms. The molecule has 1 aliphatic carbocycles. The van der Waals surface area contributed by atoms with Gasteiger partial charge < -0.3 is 4.90 Å². The summed E-state index contributed by atoms with van der Waals surface area (Å²) in [6.45, 7) is 1.56. The van der Waals surface area contributed by atoms with Gasteiger partial charge in [-0.1, -0.05) is 18.2 Å². The molecule has 2 fully saturated rings. The molecular formula is C18H20FN3O. The Morgan fingerprint density at radius 1 is 1.30 bits per heavy atom. The SMILES string of the molecule is O=C([C@@H]1C[C@@H]1c1ccccc1F)N1CCC[C@@H]1Cn1cccn1. The summed E-state index contributed by atoms with van der Waals surface area (Å²) in [4.78, 5) is 14.8. The Labute approximate surface area is 134 Å². The van der Waals surface area contributed by atoms with Crippen molar-refractivity contribution in [3.05, 3.63) is 54.1 Å². The standard InChI is InChI=1S/C18H20FN3O/c19-17-7-2-1-6-14(17)15-11-16(15)18(23)22-10-3-5-13(22)12-21-9-4-8-20-21/h1-2,4,6-9,13,15-16H,3,5,10-12H2/t13-,15-,16-/m1/s1. The van der Waals surface area contributed by atoms with E-state index in [2.05, 4.69) is 5.10 Å². The monoisotopic (exact) mass is 313 g/mol. The van der Waals surface area contributed by atoms with E-state index in [9.17, 15) is 9.18 Å². The van der Waals surface area contributed by atoms with Crippen LogP contribution in [0.25, 0.3) is 0 Å². The van der Waals surface area contributed by atoms with Gasteiger partial charge in [0.2, 0.25) is 5.91 Å². The average molecular weight is 313 g/mol. The molecule has 4 rings (SSSR count). The second kappa shape index (κ2) is 5.80. The molecule has 2 aromatic rings. The Kier molecular flexibility index (Phi) is 3.63. The fraction of sp³-hybridized carbons (Fsp3) is 0.444. The lowest BCUT2D eigenvalue weighted by molar-refractivity contribution is -0.133. The van der Waals surface area contributed by atoms with Gasteiger partial charge in [-0.2, -0.15) is 5.10 Å². The minimum absolute atomic E-state index is 0.0506. The van der Waals surface area contributed by atoms with Crippen LogP contribution in [0, 0.1) is 11.7 Å². The molecule has 0 bridgehead atoms. The minimum Gasteiger partial charge on any atom is -0.338 e. The summed E-state index contributed by atoms with van der Waals surface area (Å²) in [7, 11) is 0. The molecular weight excluding hydrogens is 293 g/mol. The van der Waals surface area contributed by atoms with Crippen LogP contribution >= 0.6 is 0 Å². The predicted octanol–water partition coefficient (Wildman–Crippen LogP) is 2.82. The van der Waals surface area contributed by atoms with Crippen molar-refractivity contribution >= 4 is 5.91 Å². The van der Waals surface area contributed by atoms with Gasteiger partial charge >= 0.3 is 0 Å². The lowest BCUT2D eigenvalue weighted by Gasteiger charge is -2.25. The summed E-state index contributed by atoms with van der Waals surface area (Å²) in [5.41, 5.74) is 0.689. The maximum Gasteiger partial charge on any atom is 0.226 e. The van der Waals surface area contributed by atoms with Crippen LogP contribution in [0.5, 0.6) is 0 Å². The average Bonchev–Trinajstić information content (AvgIpc) is 2.95.